The molecule has 2 rings (SSSR count). The molecule has 1 aromatic rings. The van der Waals surface area contributed by atoms with Crippen LogP contribution in [-0.2, 0) is 11.3 Å². The van der Waals surface area contributed by atoms with Crippen LogP contribution in [0, 0.1) is 18.3 Å². The Morgan fingerprint density at radius 3 is 2.84 bits per heavy atom. The molecular formula is C11H17N5O3. The van der Waals surface area contributed by atoms with Gasteiger partial charge in [0.1, 0.15) is 5.41 Å². The third-order valence-corrected chi connectivity index (χ3v) is 3.40. The van der Waals surface area contributed by atoms with Gasteiger partial charge >= 0.3 is 0 Å². The van der Waals surface area contributed by atoms with Crippen molar-refractivity contribution in [2.75, 3.05) is 0 Å². The van der Waals surface area contributed by atoms with E-state index in [-0.39, 0.29) is 18.3 Å². The molecule has 0 aliphatic heterocycles. The van der Waals surface area contributed by atoms with Crippen LogP contribution in [0.1, 0.15) is 31.5 Å². The topological polar surface area (TPSA) is 127 Å². The van der Waals surface area contributed by atoms with Crippen LogP contribution in [0.15, 0.2) is 9.68 Å². The molecule has 1 heterocycles. The lowest BCUT2D eigenvalue weighted by Gasteiger charge is -2.43. The monoisotopic (exact) mass is 267 g/mol. The molecule has 1 saturated carbocycles. The van der Waals surface area contributed by atoms with Crippen molar-refractivity contribution in [1.82, 2.24) is 15.5 Å². The number of nitrogens with two attached hydrogens (primary N) is 1. The van der Waals surface area contributed by atoms with Gasteiger partial charge in [0.25, 0.3) is 0 Å². The van der Waals surface area contributed by atoms with E-state index in [0.717, 1.165) is 0 Å². The Bertz CT molecular complexity index is 504. The van der Waals surface area contributed by atoms with Crippen LogP contribution in [0.2, 0.25) is 0 Å². The zero-order valence-corrected chi connectivity index (χ0v) is 10.9. The summed E-state index contributed by atoms with van der Waals surface area (Å²) in [6, 6.07) is 0. The van der Waals surface area contributed by atoms with E-state index in [4.69, 9.17) is 15.5 Å². The summed E-state index contributed by atoms with van der Waals surface area (Å²) in [6.45, 7) is 3.84. The predicted molar refractivity (Wildman–Crippen MR) is 65.1 cm³/mol. The lowest BCUT2D eigenvalue weighted by molar-refractivity contribution is -0.133. The van der Waals surface area contributed by atoms with Gasteiger partial charge in [-0.2, -0.15) is 4.98 Å². The largest absolute Gasteiger partial charge is 0.409 e. The molecule has 4 N–H and O–H groups in total. The van der Waals surface area contributed by atoms with Gasteiger partial charge in [0.15, 0.2) is 11.7 Å². The van der Waals surface area contributed by atoms with Crippen molar-refractivity contribution in [3.8, 4) is 0 Å². The Kier molecular flexibility index (Phi) is 3.41. The maximum atomic E-state index is 12.2. The van der Waals surface area contributed by atoms with Gasteiger partial charge in [-0.1, -0.05) is 17.2 Å². The number of amides is 1. The van der Waals surface area contributed by atoms with Crippen LogP contribution < -0.4 is 11.1 Å². The second-order valence-electron chi connectivity index (χ2n) is 5.00. The van der Waals surface area contributed by atoms with Gasteiger partial charge in [-0.05, 0) is 25.7 Å². The molecule has 0 unspecified atom stereocenters. The van der Waals surface area contributed by atoms with Crippen LogP contribution in [0.5, 0.6) is 0 Å². The Morgan fingerprint density at radius 2 is 2.37 bits per heavy atom. The smallest absolute Gasteiger partial charge is 0.246 e. The molecule has 1 aliphatic carbocycles. The number of carbonyl (C=O) groups excluding carboxylic acids is 1. The molecule has 0 radical (unpaired) electrons. The van der Waals surface area contributed by atoms with Crippen molar-refractivity contribution in [3.05, 3.63) is 11.7 Å². The number of aromatic nitrogens is 2. The first kappa shape index (κ1) is 13.3. The first-order valence-corrected chi connectivity index (χ1v) is 6.03. The Hall–Kier alpha value is -2.12. The van der Waals surface area contributed by atoms with Gasteiger partial charge in [-0.3, -0.25) is 4.79 Å². The number of hydrogen-bond acceptors (Lipinski definition) is 6. The lowest BCUT2D eigenvalue weighted by Crippen LogP contribution is -2.56. The first-order valence-electron chi connectivity index (χ1n) is 6.03. The second-order valence-corrected chi connectivity index (χ2v) is 5.00. The number of oxime groups is 1. The number of nitrogens with one attached hydrogen (secondary N) is 1. The molecule has 1 amide bonds. The second kappa shape index (κ2) is 4.87. The number of nitrogens with zero attached hydrogens (tertiary/aromatic N) is 3. The SMILES string of the molecule is Cc1noc(CNC(=O)C2(C(N)=NO)CC(C)C2)n1. The fourth-order valence-corrected chi connectivity index (χ4v) is 2.47. The summed E-state index contributed by atoms with van der Waals surface area (Å²) in [5.41, 5.74) is 4.72. The van der Waals surface area contributed by atoms with Crippen LogP contribution in [-0.4, -0.2) is 27.1 Å². The standard InChI is InChI=1S/C11H17N5O3/c1-6-3-11(4-6,9(12)15-18)10(17)13-5-8-14-7(2)16-19-8/h6,18H,3-5H2,1-2H3,(H2,12,15)(H,13,17). The van der Waals surface area contributed by atoms with E-state index in [0.29, 0.717) is 30.5 Å². The number of hydrogen-bond donors (Lipinski definition) is 3. The summed E-state index contributed by atoms with van der Waals surface area (Å²) in [5.74, 6) is 0.874. The van der Waals surface area contributed by atoms with Gasteiger partial charge in [-0.15, -0.1) is 0 Å². The molecule has 0 spiro atoms. The van der Waals surface area contributed by atoms with E-state index in [2.05, 4.69) is 20.6 Å². The molecule has 0 atom stereocenters. The Morgan fingerprint density at radius 1 is 1.68 bits per heavy atom. The van der Waals surface area contributed by atoms with Crippen LogP contribution in [0.4, 0.5) is 0 Å². The highest BCUT2D eigenvalue weighted by Crippen LogP contribution is 2.45. The van der Waals surface area contributed by atoms with Gasteiger partial charge in [0.05, 0.1) is 6.54 Å². The summed E-state index contributed by atoms with van der Waals surface area (Å²) in [5, 5.41) is 18.1. The lowest BCUT2D eigenvalue weighted by atomic mass is 9.61. The summed E-state index contributed by atoms with van der Waals surface area (Å²) < 4.78 is 4.90. The number of carbonyl (C=O) groups is 1. The highest BCUT2D eigenvalue weighted by Gasteiger charge is 2.52. The van der Waals surface area contributed by atoms with E-state index in [1.165, 1.54) is 0 Å². The fraction of sp³-hybridized carbons (Fsp3) is 0.636. The zero-order chi connectivity index (χ0) is 14.0. The minimum Gasteiger partial charge on any atom is -0.409 e. The molecule has 0 saturated heterocycles. The molecule has 104 valence electrons. The molecule has 8 heteroatoms. The van der Waals surface area contributed by atoms with Crippen LogP contribution >= 0.6 is 0 Å². The average molecular weight is 267 g/mol. The van der Waals surface area contributed by atoms with E-state index in [1.807, 2.05) is 6.92 Å². The highest BCUT2D eigenvalue weighted by atomic mass is 16.5. The van der Waals surface area contributed by atoms with E-state index in [1.54, 1.807) is 6.92 Å². The quantitative estimate of drug-likeness (QED) is 0.308. The van der Waals surface area contributed by atoms with E-state index in [9.17, 15) is 4.79 Å². The molecule has 0 bridgehead atoms. The third-order valence-electron chi connectivity index (χ3n) is 3.40. The Balaban J connectivity index is 2.01. The van der Waals surface area contributed by atoms with E-state index >= 15 is 0 Å². The van der Waals surface area contributed by atoms with Gasteiger partial charge in [0, 0.05) is 0 Å². The van der Waals surface area contributed by atoms with E-state index < -0.39 is 5.41 Å². The van der Waals surface area contributed by atoms with Gasteiger partial charge < -0.3 is 20.8 Å². The molecule has 1 aromatic heterocycles. The number of rotatable bonds is 4. The summed E-state index contributed by atoms with van der Waals surface area (Å²) in [6.07, 6.45) is 1.13. The van der Waals surface area contributed by atoms with Crippen LogP contribution in [0.3, 0.4) is 0 Å². The van der Waals surface area contributed by atoms with Crippen molar-refractivity contribution in [2.24, 2.45) is 22.2 Å². The molecular weight excluding hydrogens is 250 g/mol. The molecule has 8 nitrogen and oxygen atoms in total. The third kappa shape index (κ3) is 2.38. The van der Waals surface area contributed by atoms with Crippen molar-refractivity contribution < 1.29 is 14.5 Å². The highest BCUT2D eigenvalue weighted by molar-refractivity contribution is 6.07. The summed E-state index contributed by atoms with van der Waals surface area (Å²) in [4.78, 5) is 16.2. The predicted octanol–water partition coefficient (Wildman–Crippen LogP) is 0.157. The maximum Gasteiger partial charge on any atom is 0.246 e. The number of aryl methyl sites for hydroxylation is 1. The fourth-order valence-electron chi connectivity index (χ4n) is 2.47. The molecule has 19 heavy (non-hydrogen) atoms. The van der Waals surface area contributed by atoms with Gasteiger partial charge in [0.2, 0.25) is 11.8 Å². The van der Waals surface area contributed by atoms with Gasteiger partial charge in [-0.25, -0.2) is 0 Å². The summed E-state index contributed by atoms with van der Waals surface area (Å²) >= 11 is 0. The Labute approximate surface area is 110 Å². The number of amidine groups is 1. The minimum atomic E-state index is -0.913. The molecule has 1 aliphatic rings. The molecule has 0 aromatic carbocycles. The summed E-state index contributed by atoms with van der Waals surface area (Å²) in [7, 11) is 0. The van der Waals surface area contributed by atoms with Crippen molar-refractivity contribution in [3.63, 3.8) is 0 Å². The van der Waals surface area contributed by atoms with Crippen molar-refractivity contribution >= 4 is 11.7 Å². The van der Waals surface area contributed by atoms with Crippen LogP contribution in [0.25, 0.3) is 0 Å². The van der Waals surface area contributed by atoms with Crippen molar-refractivity contribution in [1.29, 1.82) is 0 Å². The minimum absolute atomic E-state index is 0.0511. The molecule has 1 fully saturated rings. The average Bonchev–Trinajstić information content (AvgIpc) is 2.76. The van der Waals surface area contributed by atoms with Crippen molar-refractivity contribution in [2.45, 2.75) is 33.2 Å². The first-order chi connectivity index (χ1) is 8.98. The zero-order valence-electron chi connectivity index (χ0n) is 10.9. The normalized spacial score (nSPS) is 26.8. The maximum absolute atomic E-state index is 12.2.